The molecule has 0 spiro atoms. The van der Waals surface area contributed by atoms with E-state index >= 15 is 0 Å². The predicted molar refractivity (Wildman–Crippen MR) is 137 cm³/mol. The molecule has 2 atom stereocenters. The molecule has 33 heavy (non-hydrogen) atoms. The van der Waals surface area contributed by atoms with Crippen molar-refractivity contribution in [1.82, 2.24) is 4.98 Å². The standard InChI is InChI=1S/C29H32ClNO2/c1-4-22(16-20(2)29(14-15-29)19-28(32)33-3)24-7-5-6-21(17-24)8-12-26-13-10-23-9-11-25(30)18-27(23)31-26/h5-13,17-18,20,22H,4,14-16,19H2,1-3H3/t20?,22-/m1/s1. The summed E-state index contributed by atoms with van der Waals surface area (Å²) in [4.78, 5) is 16.6. The van der Waals surface area contributed by atoms with Gasteiger partial charge in [0.15, 0.2) is 0 Å². The van der Waals surface area contributed by atoms with Gasteiger partial charge < -0.3 is 4.74 Å². The number of fused-ring (bicyclic) bond motifs is 1. The second-order valence-corrected chi connectivity index (χ2v) is 9.87. The maximum atomic E-state index is 11.9. The minimum Gasteiger partial charge on any atom is -0.469 e. The Morgan fingerprint density at radius 3 is 2.67 bits per heavy atom. The highest BCUT2D eigenvalue weighted by Gasteiger charge is 2.49. The molecule has 1 unspecified atom stereocenters. The summed E-state index contributed by atoms with van der Waals surface area (Å²) < 4.78 is 4.94. The summed E-state index contributed by atoms with van der Waals surface area (Å²) >= 11 is 6.12. The summed E-state index contributed by atoms with van der Waals surface area (Å²) in [6.07, 6.45) is 9.16. The van der Waals surface area contributed by atoms with Gasteiger partial charge >= 0.3 is 5.97 Å². The quantitative estimate of drug-likeness (QED) is 0.304. The molecular weight excluding hydrogens is 430 g/mol. The second kappa shape index (κ2) is 10.1. The Morgan fingerprint density at radius 1 is 1.15 bits per heavy atom. The van der Waals surface area contributed by atoms with E-state index in [0.717, 1.165) is 42.3 Å². The summed E-state index contributed by atoms with van der Waals surface area (Å²) in [6, 6.07) is 18.7. The molecule has 0 amide bonds. The van der Waals surface area contributed by atoms with Crippen molar-refractivity contribution in [3.05, 3.63) is 76.4 Å². The SMILES string of the molecule is CC[C@H](CC(C)C1(CC(=O)OC)CC1)c1cccc(C=Cc2ccc3ccc(Cl)cc3n2)c1. The molecule has 3 aromatic rings. The van der Waals surface area contributed by atoms with Crippen LogP contribution in [0.5, 0.6) is 0 Å². The van der Waals surface area contributed by atoms with Crippen molar-refractivity contribution in [2.45, 2.75) is 51.9 Å². The van der Waals surface area contributed by atoms with E-state index in [4.69, 9.17) is 21.3 Å². The lowest BCUT2D eigenvalue weighted by Crippen LogP contribution is -2.20. The van der Waals surface area contributed by atoms with E-state index in [1.165, 1.54) is 18.2 Å². The Bertz CT molecular complexity index is 1170. The predicted octanol–water partition coefficient (Wildman–Crippen LogP) is 7.92. The molecule has 0 aliphatic heterocycles. The third kappa shape index (κ3) is 5.65. The first-order chi connectivity index (χ1) is 15.9. The van der Waals surface area contributed by atoms with Gasteiger partial charge in [-0.3, -0.25) is 4.79 Å². The van der Waals surface area contributed by atoms with Crippen LogP contribution in [0.15, 0.2) is 54.6 Å². The first-order valence-corrected chi connectivity index (χ1v) is 12.2. The fourth-order valence-electron chi connectivity index (χ4n) is 4.88. The van der Waals surface area contributed by atoms with Crippen LogP contribution >= 0.6 is 11.6 Å². The molecule has 0 bridgehead atoms. The van der Waals surface area contributed by atoms with Crippen LogP contribution in [0, 0.1) is 11.3 Å². The number of esters is 1. The van der Waals surface area contributed by atoms with Crippen LogP contribution in [0.3, 0.4) is 0 Å². The van der Waals surface area contributed by atoms with E-state index < -0.39 is 0 Å². The van der Waals surface area contributed by atoms with Crippen molar-refractivity contribution in [2.24, 2.45) is 11.3 Å². The number of nitrogens with zero attached hydrogens (tertiary/aromatic N) is 1. The molecule has 1 saturated carbocycles. The molecule has 1 fully saturated rings. The number of methoxy groups -OCH3 is 1. The second-order valence-electron chi connectivity index (χ2n) is 9.43. The van der Waals surface area contributed by atoms with Crippen molar-refractivity contribution in [2.75, 3.05) is 7.11 Å². The van der Waals surface area contributed by atoms with Gasteiger partial charge in [-0.15, -0.1) is 0 Å². The van der Waals surface area contributed by atoms with E-state index in [0.29, 0.717) is 23.3 Å². The zero-order valence-electron chi connectivity index (χ0n) is 19.7. The maximum Gasteiger partial charge on any atom is 0.306 e. The molecule has 4 rings (SSSR count). The van der Waals surface area contributed by atoms with Crippen molar-refractivity contribution in [3.8, 4) is 0 Å². The molecule has 3 nitrogen and oxygen atoms in total. The Morgan fingerprint density at radius 2 is 1.94 bits per heavy atom. The maximum absolute atomic E-state index is 11.9. The van der Waals surface area contributed by atoms with Gasteiger partial charge in [-0.2, -0.15) is 0 Å². The smallest absolute Gasteiger partial charge is 0.306 e. The van der Waals surface area contributed by atoms with Gasteiger partial charge in [0, 0.05) is 10.4 Å². The van der Waals surface area contributed by atoms with Crippen LogP contribution in [0.25, 0.3) is 23.1 Å². The molecule has 0 radical (unpaired) electrons. The number of halogens is 1. The van der Waals surface area contributed by atoms with Crippen LogP contribution in [0.1, 0.15) is 68.7 Å². The highest BCUT2D eigenvalue weighted by atomic mass is 35.5. The highest BCUT2D eigenvalue weighted by Crippen LogP contribution is 2.57. The zero-order valence-corrected chi connectivity index (χ0v) is 20.4. The molecule has 172 valence electrons. The van der Waals surface area contributed by atoms with Crippen molar-refractivity contribution in [1.29, 1.82) is 0 Å². The van der Waals surface area contributed by atoms with E-state index in [9.17, 15) is 4.79 Å². The van der Waals surface area contributed by atoms with Gasteiger partial charge in [0.05, 0.1) is 24.7 Å². The number of carbonyl (C=O) groups excluding carboxylic acids is 1. The largest absolute Gasteiger partial charge is 0.469 e. The van der Waals surface area contributed by atoms with Gasteiger partial charge in [0.25, 0.3) is 0 Å². The topological polar surface area (TPSA) is 39.2 Å². The third-order valence-corrected chi connectivity index (χ3v) is 7.53. The fourth-order valence-corrected chi connectivity index (χ4v) is 5.04. The zero-order chi connectivity index (χ0) is 23.4. The van der Waals surface area contributed by atoms with Gasteiger partial charge in [-0.05, 0) is 78.3 Å². The molecule has 1 aliphatic rings. The number of aromatic nitrogens is 1. The molecule has 4 heteroatoms. The molecule has 1 aromatic heterocycles. The summed E-state index contributed by atoms with van der Waals surface area (Å²) in [5, 5.41) is 1.78. The number of rotatable bonds is 9. The fraction of sp³-hybridized carbons (Fsp3) is 0.379. The van der Waals surface area contributed by atoms with Crippen LogP contribution in [-0.4, -0.2) is 18.1 Å². The Balaban J connectivity index is 1.47. The minimum atomic E-state index is -0.0795. The lowest BCUT2D eigenvalue weighted by molar-refractivity contribution is -0.142. The first kappa shape index (κ1) is 23.5. The Labute approximate surface area is 201 Å². The third-order valence-electron chi connectivity index (χ3n) is 7.30. The van der Waals surface area contributed by atoms with Gasteiger partial charge in [0.2, 0.25) is 0 Å². The molecule has 1 aliphatic carbocycles. The average molecular weight is 462 g/mol. The molecule has 2 aromatic carbocycles. The summed E-state index contributed by atoms with van der Waals surface area (Å²) in [5.74, 6) is 0.892. The van der Waals surface area contributed by atoms with Crippen LogP contribution < -0.4 is 0 Å². The number of carbonyl (C=O) groups is 1. The van der Waals surface area contributed by atoms with E-state index in [2.05, 4.69) is 56.3 Å². The van der Waals surface area contributed by atoms with Crippen molar-refractivity contribution in [3.63, 3.8) is 0 Å². The normalized spacial score (nSPS) is 16.6. The van der Waals surface area contributed by atoms with Crippen LogP contribution in [0.4, 0.5) is 0 Å². The van der Waals surface area contributed by atoms with E-state index in [-0.39, 0.29) is 11.4 Å². The van der Waals surface area contributed by atoms with Crippen molar-refractivity contribution < 1.29 is 9.53 Å². The molecule has 0 saturated heterocycles. The van der Waals surface area contributed by atoms with E-state index in [1.54, 1.807) is 0 Å². The van der Waals surface area contributed by atoms with Gasteiger partial charge in [-0.1, -0.05) is 67.9 Å². The Kier molecular flexibility index (Phi) is 7.19. The molecular formula is C29H32ClNO2. The molecule has 1 heterocycles. The van der Waals surface area contributed by atoms with Crippen molar-refractivity contribution >= 4 is 40.6 Å². The average Bonchev–Trinajstić information content (AvgIpc) is 3.61. The lowest BCUT2D eigenvalue weighted by Gasteiger charge is -2.27. The monoisotopic (exact) mass is 461 g/mol. The number of benzene rings is 2. The minimum absolute atomic E-state index is 0.0795. The summed E-state index contributed by atoms with van der Waals surface area (Å²) in [6.45, 7) is 4.56. The van der Waals surface area contributed by atoms with Gasteiger partial charge in [0.1, 0.15) is 0 Å². The number of ether oxygens (including phenoxy) is 1. The number of hydrogen-bond donors (Lipinski definition) is 0. The highest BCUT2D eigenvalue weighted by molar-refractivity contribution is 6.31. The van der Waals surface area contributed by atoms with Gasteiger partial charge in [-0.25, -0.2) is 4.98 Å². The van der Waals surface area contributed by atoms with E-state index in [1.807, 2.05) is 24.3 Å². The Hall–Kier alpha value is -2.65. The number of pyridine rings is 1. The van der Waals surface area contributed by atoms with Crippen LogP contribution in [0.2, 0.25) is 5.02 Å². The first-order valence-electron chi connectivity index (χ1n) is 11.8. The number of hydrogen-bond acceptors (Lipinski definition) is 3. The molecule has 0 N–H and O–H groups in total. The summed E-state index contributed by atoms with van der Waals surface area (Å²) in [7, 11) is 1.49. The lowest BCUT2D eigenvalue weighted by atomic mass is 9.78. The summed E-state index contributed by atoms with van der Waals surface area (Å²) in [5.41, 5.74) is 4.48. The van der Waals surface area contributed by atoms with Crippen LogP contribution in [-0.2, 0) is 9.53 Å².